The molecule has 3 aliphatic rings. The number of piperidine rings is 1. The van der Waals surface area contributed by atoms with Gasteiger partial charge in [0, 0.05) is 63.0 Å². The van der Waals surface area contributed by atoms with Crippen LogP contribution in [0.15, 0.2) is 42.5 Å². The molecule has 3 aliphatic heterocycles. The third kappa shape index (κ3) is 5.89. The average Bonchev–Trinajstić information content (AvgIpc) is 3.20. The van der Waals surface area contributed by atoms with Gasteiger partial charge in [-0.3, -0.25) is 24.6 Å². The molecule has 3 heterocycles. The number of carbonyl (C=O) groups excluding carboxylic acids is 3. The maximum atomic E-state index is 12.9. The molecule has 2 saturated heterocycles. The SMILES string of the molecule is CC(N)c1ccc(OCCN2CCN(c3ccc4c(c3)CN(C3CCC(=O)NC3=O)C4=O)CC2)cc1.Cl. The van der Waals surface area contributed by atoms with Crippen molar-refractivity contribution in [3.8, 4) is 5.75 Å². The first-order valence-electron chi connectivity index (χ1n) is 12.6. The Balaban J connectivity index is 0.00000320. The summed E-state index contributed by atoms with van der Waals surface area (Å²) in [5, 5.41) is 2.35. The number of hydrogen-bond donors (Lipinski definition) is 2. The maximum Gasteiger partial charge on any atom is 0.255 e. The lowest BCUT2D eigenvalue weighted by Gasteiger charge is -2.36. The summed E-state index contributed by atoms with van der Waals surface area (Å²) in [6.45, 7) is 7.53. The summed E-state index contributed by atoms with van der Waals surface area (Å²) < 4.78 is 5.91. The molecular weight excluding hydrogens is 494 g/mol. The molecule has 9 nitrogen and oxygen atoms in total. The Morgan fingerprint density at radius 2 is 1.78 bits per heavy atom. The van der Waals surface area contributed by atoms with Crippen molar-refractivity contribution in [3.05, 3.63) is 59.2 Å². The first-order chi connectivity index (χ1) is 17.4. The minimum atomic E-state index is -0.584. The highest BCUT2D eigenvalue weighted by Gasteiger charge is 2.39. The van der Waals surface area contributed by atoms with Crippen molar-refractivity contribution < 1.29 is 19.1 Å². The number of nitrogens with two attached hydrogens (primary N) is 1. The molecule has 2 atom stereocenters. The number of halogens is 1. The van der Waals surface area contributed by atoms with Crippen LogP contribution in [0, 0.1) is 0 Å². The standard InChI is InChI=1S/C27H33N5O4.ClH/c1-18(28)19-2-5-22(6-3-19)36-15-14-30-10-12-31(13-11-30)21-4-7-23-20(16-21)17-32(27(23)35)24-8-9-25(33)29-26(24)34;/h2-7,16,18,24H,8-15,17,28H2,1H3,(H,29,33,34);1H. The monoisotopic (exact) mass is 527 g/mol. The molecule has 2 aromatic rings. The number of fused-ring (bicyclic) bond motifs is 1. The zero-order chi connectivity index (χ0) is 25.2. The Hall–Kier alpha value is -3.14. The van der Waals surface area contributed by atoms with Crippen molar-refractivity contribution in [2.45, 2.75) is 38.4 Å². The van der Waals surface area contributed by atoms with E-state index in [4.69, 9.17) is 10.5 Å². The van der Waals surface area contributed by atoms with Gasteiger partial charge in [-0.15, -0.1) is 12.4 Å². The molecule has 0 bridgehead atoms. The lowest BCUT2D eigenvalue weighted by atomic mass is 10.0. The van der Waals surface area contributed by atoms with E-state index in [2.05, 4.69) is 21.2 Å². The van der Waals surface area contributed by atoms with E-state index >= 15 is 0 Å². The summed E-state index contributed by atoms with van der Waals surface area (Å²) in [5.41, 5.74) is 9.67. The van der Waals surface area contributed by atoms with Gasteiger partial charge in [0.2, 0.25) is 11.8 Å². The van der Waals surface area contributed by atoms with Crippen LogP contribution in [-0.2, 0) is 16.1 Å². The molecular formula is C27H34ClN5O4. The van der Waals surface area contributed by atoms with Gasteiger partial charge in [-0.25, -0.2) is 0 Å². The maximum absolute atomic E-state index is 12.9. The van der Waals surface area contributed by atoms with Crippen LogP contribution in [0.4, 0.5) is 5.69 Å². The van der Waals surface area contributed by atoms with Crippen molar-refractivity contribution in [1.29, 1.82) is 0 Å². The second kappa shape index (κ2) is 11.5. The van der Waals surface area contributed by atoms with Gasteiger partial charge in [0.15, 0.2) is 0 Å². The van der Waals surface area contributed by atoms with Gasteiger partial charge in [0.05, 0.1) is 0 Å². The molecule has 0 saturated carbocycles. The first kappa shape index (κ1) is 26.9. The fourth-order valence-corrected chi connectivity index (χ4v) is 5.15. The third-order valence-corrected chi connectivity index (χ3v) is 7.33. The van der Waals surface area contributed by atoms with Crippen LogP contribution < -0.4 is 20.7 Å². The van der Waals surface area contributed by atoms with E-state index in [1.807, 2.05) is 43.3 Å². The molecule has 2 unspecified atom stereocenters. The van der Waals surface area contributed by atoms with Gasteiger partial charge < -0.3 is 20.3 Å². The van der Waals surface area contributed by atoms with Crippen LogP contribution in [0.2, 0.25) is 0 Å². The molecule has 3 N–H and O–H groups in total. The minimum Gasteiger partial charge on any atom is -0.492 e. The highest BCUT2D eigenvalue weighted by Crippen LogP contribution is 2.31. The Bertz CT molecular complexity index is 1150. The van der Waals surface area contributed by atoms with Crippen molar-refractivity contribution in [2.24, 2.45) is 5.73 Å². The molecule has 37 heavy (non-hydrogen) atoms. The van der Waals surface area contributed by atoms with Crippen LogP contribution in [0.25, 0.3) is 0 Å². The first-order valence-corrected chi connectivity index (χ1v) is 12.6. The molecule has 5 rings (SSSR count). The molecule has 3 amide bonds. The summed E-state index contributed by atoms with van der Waals surface area (Å²) >= 11 is 0. The van der Waals surface area contributed by atoms with Gasteiger partial charge in [-0.05, 0) is 54.8 Å². The van der Waals surface area contributed by atoms with Crippen LogP contribution in [0.1, 0.15) is 47.3 Å². The van der Waals surface area contributed by atoms with E-state index in [9.17, 15) is 14.4 Å². The van der Waals surface area contributed by atoms with Gasteiger partial charge >= 0.3 is 0 Å². The summed E-state index contributed by atoms with van der Waals surface area (Å²) in [6, 6.07) is 13.3. The zero-order valence-corrected chi connectivity index (χ0v) is 21.8. The van der Waals surface area contributed by atoms with Crippen LogP contribution in [0.5, 0.6) is 5.75 Å². The summed E-state index contributed by atoms with van der Waals surface area (Å²) in [7, 11) is 0. The van der Waals surface area contributed by atoms with E-state index in [0.717, 1.165) is 55.3 Å². The van der Waals surface area contributed by atoms with E-state index in [1.54, 1.807) is 4.90 Å². The van der Waals surface area contributed by atoms with E-state index in [-0.39, 0.29) is 42.6 Å². The van der Waals surface area contributed by atoms with Crippen molar-refractivity contribution in [1.82, 2.24) is 15.1 Å². The van der Waals surface area contributed by atoms with Gasteiger partial charge in [0.25, 0.3) is 5.91 Å². The number of carbonyl (C=O) groups is 3. The predicted molar refractivity (Wildman–Crippen MR) is 143 cm³/mol. The lowest BCUT2D eigenvalue weighted by Crippen LogP contribution is -2.52. The summed E-state index contributed by atoms with van der Waals surface area (Å²) in [4.78, 5) is 43.0. The van der Waals surface area contributed by atoms with E-state index in [0.29, 0.717) is 25.1 Å². The predicted octanol–water partition coefficient (Wildman–Crippen LogP) is 2.09. The number of anilines is 1. The fraction of sp³-hybridized carbons (Fsp3) is 0.444. The Morgan fingerprint density at radius 3 is 2.46 bits per heavy atom. The average molecular weight is 528 g/mol. The van der Waals surface area contributed by atoms with Gasteiger partial charge in [-0.2, -0.15) is 0 Å². The van der Waals surface area contributed by atoms with Crippen LogP contribution in [-0.4, -0.2) is 72.9 Å². The summed E-state index contributed by atoms with van der Waals surface area (Å²) in [6.07, 6.45) is 0.637. The minimum absolute atomic E-state index is 0. The van der Waals surface area contributed by atoms with Crippen molar-refractivity contribution >= 4 is 35.8 Å². The molecule has 0 aromatic heterocycles. The van der Waals surface area contributed by atoms with Crippen molar-refractivity contribution in [2.75, 3.05) is 44.2 Å². The molecule has 2 fully saturated rings. The smallest absolute Gasteiger partial charge is 0.255 e. The number of benzene rings is 2. The highest BCUT2D eigenvalue weighted by molar-refractivity contribution is 6.05. The summed E-state index contributed by atoms with van der Waals surface area (Å²) in [5.74, 6) is 0.0688. The molecule has 0 spiro atoms. The number of ether oxygens (including phenoxy) is 1. The quantitative estimate of drug-likeness (QED) is 0.531. The number of nitrogens with zero attached hydrogens (tertiary/aromatic N) is 3. The lowest BCUT2D eigenvalue weighted by molar-refractivity contribution is -0.136. The van der Waals surface area contributed by atoms with E-state index in [1.165, 1.54) is 0 Å². The van der Waals surface area contributed by atoms with E-state index < -0.39 is 6.04 Å². The Kier molecular flexibility index (Phi) is 8.36. The largest absolute Gasteiger partial charge is 0.492 e. The molecule has 10 heteroatoms. The second-order valence-electron chi connectivity index (χ2n) is 9.78. The van der Waals surface area contributed by atoms with Gasteiger partial charge in [-0.1, -0.05) is 12.1 Å². The van der Waals surface area contributed by atoms with Gasteiger partial charge in [0.1, 0.15) is 18.4 Å². The Labute approximate surface area is 223 Å². The highest BCUT2D eigenvalue weighted by atomic mass is 35.5. The number of rotatable bonds is 7. The number of piperazine rings is 1. The number of hydrogen-bond acceptors (Lipinski definition) is 7. The number of amides is 3. The molecule has 2 aromatic carbocycles. The Morgan fingerprint density at radius 1 is 1.05 bits per heavy atom. The molecule has 0 aliphatic carbocycles. The molecule has 0 radical (unpaired) electrons. The van der Waals surface area contributed by atoms with Crippen LogP contribution in [0.3, 0.4) is 0 Å². The third-order valence-electron chi connectivity index (χ3n) is 7.33. The zero-order valence-electron chi connectivity index (χ0n) is 21.0. The molecule has 198 valence electrons. The fourth-order valence-electron chi connectivity index (χ4n) is 5.15. The normalized spacial score (nSPS) is 20.8. The topological polar surface area (TPSA) is 108 Å². The second-order valence-corrected chi connectivity index (χ2v) is 9.78. The van der Waals surface area contributed by atoms with Crippen molar-refractivity contribution in [3.63, 3.8) is 0 Å². The number of imide groups is 1. The van der Waals surface area contributed by atoms with Crippen LogP contribution >= 0.6 is 12.4 Å². The number of nitrogens with one attached hydrogen (secondary N) is 1.